The Morgan fingerprint density at radius 1 is 1.28 bits per heavy atom. The minimum atomic E-state index is -0.466. The third kappa shape index (κ3) is 2.34. The smallest absolute Gasteiger partial charge is 0.207 e. The summed E-state index contributed by atoms with van der Waals surface area (Å²) in [6.45, 7) is 4.28. The van der Waals surface area contributed by atoms with E-state index < -0.39 is 11.6 Å². The summed E-state index contributed by atoms with van der Waals surface area (Å²) in [4.78, 5) is 4.09. The predicted octanol–water partition coefficient (Wildman–Crippen LogP) is 3.28. The van der Waals surface area contributed by atoms with E-state index in [2.05, 4.69) is 10.3 Å². The van der Waals surface area contributed by atoms with Gasteiger partial charge in [-0.2, -0.15) is 0 Å². The topological polar surface area (TPSA) is 29.9 Å². The molecule has 3 nitrogen and oxygen atoms in total. The SMILES string of the molecule is CCCNc1nccn1-c1cc(F)c(C)cc1F. The quantitative estimate of drug-likeness (QED) is 0.903. The molecule has 0 fully saturated rings. The van der Waals surface area contributed by atoms with Gasteiger partial charge in [0.25, 0.3) is 0 Å². The van der Waals surface area contributed by atoms with E-state index in [9.17, 15) is 8.78 Å². The van der Waals surface area contributed by atoms with Gasteiger partial charge in [0, 0.05) is 25.0 Å². The third-order valence-electron chi connectivity index (χ3n) is 2.66. The van der Waals surface area contributed by atoms with Crippen molar-refractivity contribution < 1.29 is 8.78 Å². The molecule has 18 heavy (non-hydrogen) atoms. The zero-order valence-electron chi connectivity index (χ0n) is 10.4. The molecule has 1 aromatic carbocycles. The number of halogens is 2. The number of benzene rings is 1. The first kappa shape index (κ1) is 12.5. The number of aryl methyl sites for hydroxylation is 1. The molecule has 5 heteroatoms. The van der Waals surface area contributed by atoms with Crippen molar-refractivity contribution in [3.05, 3.63) is 41.7 Å². The maximum atomic E-state index is 13.9. The van der Waals surface area contributed by atoms with Crippen molar-refractivity contribution >= 4 is 5.95 Å². The van der Waals surface area contributed by atoms with Crippen molar-refractivity contribution in [2.24, 2.45) is 0 Å². The molecule has 0 aliphatic carbocycles. The molecule has 0 amide bonds. The van der Waals surface area contributed by atoms with Crippen molar-refractivity contribution in [1.29, 1.82) is 0 Å². The van der Waals surface area contributed by atoms with Crippen LogP contribution >= 0.6 is 0 Å². The average molecular weight is 251 g/mol. The van der Waals surface area contributed by atoms with Crippen LogP contribution < -0.4 is 5.32 Å². The molecule has 0 aliphatic rings. The van der Waals surface area contributed by atoms with Crippen LogP contribution in [0.5, 0.6) is 0 Å². The van der Waals surface area contributed by atoms with Crippen LogP contribution in [-0.2, 0) is 0 Å². The monoisotopic (exact) mass is 251 g/mol. The Hall–Kier alpha value is -1.91. The largest absolute Gasteiger partial charge is 0.355 e. The second-order valence-electron chi connectivity index (χ2n) is 4.10. The summed E-state index contributed by atoms with van der Waals surface area (Å²) in [5, 5.41) is 3.07. The van der Waals surface area contributed by atoms with E-state index in [0.29, 0.717) is 11.5 Å². The minimum absolute atomic E-state index is 0.161. The molecule has 2 rings (SSSR count). The van der Waals surface area contributed by atoms with Crippen LogP contribution in [-0.4, -0.2) is 16.1 Å². The first-order valence-corrected chi connectivity index (χ1v) is 5.86. The van der Waals surface area contributed by atoms with Gasteiger partial charge < -0.3 is 5.32 Å². The molecule has 96 valence electrons. The standard InChI is InChI=1S/C13H15F2N3/c1-3-4-16-13-17-5-6-18(13)12-8-10(14)9(2)7-11(12)15/h5-8H,3-4H2,1-2H3,(H,16,17). The van der Waals surface area contributed by atoms with Crippen LogP contribution in [0.3, 0.4) is 0 Å². The number of nitrogens with one attached hydrogen (secondary N) is 1. The summed E-state index contributed by atoms with van der Waals surface area (Å²) >= 11 is 0. The lowest BCUT2D eigenvalue weighted by atomic mass is 10.2. The molecule has 1 aromatic heterocycles. The Labute approximate surface area is 104 Å². The van der Waals surface area contributed by atoms with Gasteiger partial charge in [-0.25, -0.2) is 13.8 Å². The second-order valence-corrected chi connectivity index (χ2v) is 4.10. The zero-order chi connectivity index (χ0) is 13.1. The van der Waals surface area contributed by atoms with Crippen molar-refractivity contribution in [2.45, 2.75) is 20.3 Å². The Balaban J connectivity index is 2.42. The number of hydrogen-bond acceptors (Lipinski definition) is 2. The zero-order valence-corrected chi connectivity index (χ0v) is 10.4. The molecule has 1 N–H and O–H groups in total. The van der Waals surface area contributed by atoms with Gasteiger partial charge in [0.2, 0.25) is 5.95 Å². The molecule has 0 radical (unpaired) electrons. The van der Waals surface area contributed by atoms with Crippen molar-refractivity contribution in [3.63, 3.8) is 0 Å². The summed E-state index contributed by atoms with van der Waals surface area (Å²) in [5.41, 5.74) is 0.452. The molecule has 0 bridgehead atoms. The lowest BCUT2D eigenvalue weighted by Crippen LogP contribution is -2.08. The highest BCUT2D eigenvalue weighted by molar-refractivity contribution is 5.44. The van der Waals surface area contributed by atoms with Gasteiger partial charge >= 0.3 is 0 Å². The average Bonchev–Trinajstić information content (AvgIpc) is 2.79. The minimum Gasteiger partial charge on any atom is -0.355 e. The van der Waals surface area contributed by atoms with E-state index in [1.165, 1.54) is 23.6 Å². The number of aromatic nitrogens is 2. The van der Waals surface area contributed by atoms with Crippen LogP contribution in [0.2, 0.25) is 0 Å². The molecule has 2 aromatic rings. The summed E-state index contributed by atoms with van der Waals surface area (Å²) in [7, 11) is 0. The lowest BCUT2D eigenvalue weighted by Gasteiger charge is -2.11. The fraction of sp³-hybridized carbons (Fsp3) is 0.308. The maximum absolute atomic E-state index is 13.9. The highest BCUT2D eigenvalue weighted by Crippen LogP contribution is 2.21. The van der Waals surface area contributed by atoms with Crippen molar-refractivity contribution in [3.8, 4) is 5.69 Å². The normalized spacial score (nSPS) is 10.7. The van der Waals surface area contributed by atoms with Crippen molar-refractivity contribution in [2.75, 3.05) is 11.9 Å². The number of hydrogen-bond donors (Lipinski definition) is 1. The third-order valence-corrected chi connectivity index (χ3v) is 2.66. The first-order chi connectivity index (χ1) is 8.63. The number of rotatable bonds is 4. The van der Waals surface area contributed by atoms with E-state index in [1.54, 1.807) is 12.4 Å². The van der Waals surface area contributed by atoms with Gasteiger partial charge in [-0.1, -0.05) is 6.92 Å². The first-order valence-electron chi connectivity index (χ1n) is 5.86. The molecule has 0 saturated carbocycles. The van der Waals surface area contributed by atoms with Crippen molar-refractivity contribution in [1.82, 2.24) is 9.55 Å². The van der Waals surface area contributed by atoms with Gasteiger partial charge in [-0.05, 0) is 25.0 Å². The number of anilines is 1. The molecular formula is C13H15F2N3. The summed E-state index contributed by atoms with van der Waals surface area (Å²) in [6.07, 6.45) is 4.08. The summed E-state index contributed by atoms with van der Waals surface area (Å²) in [6, 6.07) is 2.37. The summed E-state index contributed by atoms with van der Waals surface area (Å²) in [5.74, 6) is -0.382. The molecule has 0 spiro atoms. The van der Waals surface area contributed by atoms with E-state index in [1.807, 2.05) is 6.92 Å². The Kier molecular flexibility index (Phi) is 3.60. The van der Waals surface area contributed by atoms with E-state index in [0.717, 1.165) is 13.0 Å². The molecular weight excluding hydrogens is 236 g/mol. The van der Waals surface area contributed by atoms with Gasteiger partial charge in [0.05, 0.1) is 5.69 Å². The molecule has 0 atom stereocenters. The number of nitrogens with zero attached hydrogens (tertiary/aromatic N) is 2. The van der Waals surface area contributed by atoms with Gasteiger partial charge in [0.15, 0.2) is 0 Å². The highest BCUT2D eigenvalue weighted by Gasteiger charge is 2.12. The molecule has 0 aliphatic heterocycles. The van der Waals surface area contributed by atoms with Crippen LogP contribution in [0.1, 0.15) is 18.9 Å². The van der Waals surface area contributed by atoms with Crippen LogP contribution in [0.25, 0.3) is 5.69 Å². The second kappa shape index (κ2) is 5.16. The lowest BCUT2D eigenvalue weighted by molar-refractivity contribution is 0.585. The fourth-order valence-electron chi connectivity index (χ4n) is 1.69. The maximum Gasteiger partial charge on any atom is 0.207 e. The van der Waals surface area contributed by atoms with Crippen LogP contribution in [0.15, 0.2) is 24.5 Å². The summed E-state index contributed by atoms with van der Waals surface area (Å²) < 4.78 is 28.9. The van der Waals surface area contributed by atoms with Gasteiger partial charge in [-0.15, -0.1) is 0 Å². The van der Waals surface area contributed by atoms with Gasteiger partial charge in [-0.3, -0.25) is 4.57 Å². The van der Waals surface area contributed by atoms with Crippen LogP contribution in [0.4, 0.5) is 14.7 Å². The molecule has 1 heterocycles. The van der Waals surface area contributed by atoms with E-state index >= 15 is 0 Å². The predicted molar refractivity (Wildman–Crippen MR) is 67.0 cm³/mol. The van der Waals surface area contributed by atoms with Crippen LogP contribution in [0, 0.1) is 18.6 Å². The fourth-order valence-corrected chi connectivity index (χ4v) is 1.69. The van der Waals surface area contributed by atoms with E-state index in [-0.39, 0.29) is 5.69 Å². The Bertz CT molecular complexity index is 549. The molecule has 0 saturated heterocycles. The van der Waals surface area contributed by atoms with E-state index in [4.69, 9.17) is 0 Å². The Morgan fingerprint density at radius 2 is 2.06 bits per heavy atom. The number of imidazole rings is 1. The Morgan fingerprint density at radius 3 is 2.78 bits per heavy atom. The molecule has 0 unspecified atom stereocenters. The van der Waals surface area contributed by atoms with Gasteiger partial charge in [0.1, 0.15) is 11.6 Å². The highest BCUT2D eigenvalue weighted by atomic mass is 19.1.